The molecule has 1 aromatic heterocycles. The molecular formula is C14H24N4. The molecule has 0 saturated heterocycles. The molecule has 0 spiro atoms. The molecule has 1 aromatic rings. The Morgan fingerprint density at radius 3 is 2.72 bits per heavy atom. The average molecular weight is 248 g/mol. The van der Waals surface area contributed by atoms with Crippen LogP contribution in [0, 0.1) is 0 Å². The van der Waals surface area contributed by atoms with Gasteiger partial charge in [0.15, 0.2) is 0 Å². The second kappa shape index (κ2) is 7.19. The second-order valence-electron chi connectivity index (χ2n) is 5.03. The first kappa shape index (κ1) is 13.1. The summed E-state index contributed by atoms with van der Waals surface area (Å²) < 4.78 is 0. The Labute approximate surface area is 110 Å². The molecule has 0 bridgehead atoms. The van der Waals surface area contributed by atoms with E-state index in [2.05, 4.69) is 27.5 Å². The molecule has 0 aliphatic heterocycles. The van der Waals surface area contributed by atoms with Gasteiger partial charge in [-0.05, 0) is 25.3 Å². The topological polar surface area (TPSA) is 49.8 Å². The summed E-state index contributed by atoms with van der Waals surface area (Å²) in [4.78, 5) is 8.81. The zero-order valence-electron chi connectivity index (χ0n) is 11.3. The minimum Gasteiger partial charge on any atom is -0.370 e. The van der Waals surface area contributed by atoms with E-state index >= 15 is 0 Å². The summed E-state index contributed by atoms with van der Waals surface area (Å²) in [5, 5.41) is 6.77. The van der Waals surface area contributed by atoms with E-state index in [1.165, 1.54) is 38.5 Å². The van der Waals surface area contributed by atoms with Gasteiger partial charge in [0.05, 0.1) is 0 Å². The molecule has 2 N–H and O–H groups in total. The van der Waals surface area contributed by atoms with Crippen molar-refractivity contribution >= 4 is 11.8 Å². The van der Waals surface area contributed by atoms with E-state index in [1.54, 1.807) is 0 Å². The highest BCUT2D eigenvalue weighted by Gasteiger charge is 2.12. The van der Waals surface area contributed by atoms with E-state index in [1.807, 2.05) is 12.3 Å². The first-order chi connectivity index (χ1) is 8.88. The predicted molar refractivity (Wildman–Crippen MR) is 75.9 cm³/mol. The maximum absolute atomic E-state index is 4.50. The summed E-state index contributed by atoms with van der Waals surface area (Å²) in [6.07, 6.45) is 10.8. The molecule has 1 saturated carbocycles. The fourth-order valence-electron chi connectivity index (χ4n) is 2.39. The van der Waals surface area contributed by atoms with E-state index < -0.39 is 0 Å². The van der Waals surface area contributed by atoms with E-state index in [4.69, 9.17) is 0 Å². The van der Waals surface area contributed by atoms with Gasteiger partial charge in [0.1, 0.15) is 5.82 Å². The lowest BCUT2D eigenvalue weighted by atomic mass is 10.1. The minimum absolute atomic E-state index is 0.550. The smallest absolute Gasteiger partial charge is 0.224 e. The van der Waals surface area contributed by atoms with Gasteiger partial charge in [-0.1, -0.05) is 32.6 Å². The average Bonchev–Trinajstić information content (AvgIpc) is 2.65. The van der Waals surface area contributed by atoms with Crippen LogP contribution in [0.3, 0.4) is 0 Å². The Hall–Kier alpha value is -1.32. The van der Waals surface area contributed by atoms with Crippen molar-refractivity contribution in [3.63, 3.8) is 0 Å². The van der Waals surface area contributed by atoms with Gasteiger partial charge in [-0.15, -0.1) is 0 Å². The predicted octanol–water partition coefficient (Wildman–Crippen LogP) is 3.43. The molecule has 0 atom stereocenters. The molecule has 1 heterocycles. The fraction of sp³-hybridized carbons (Fsp3) is 0.714. The van der Waals surface area contributed by atoms with Gasteiger partial charge >= 0.3 is 0 Å². The summed E-state index contributed by atoms with van der Waals surface area (Å²) in [5.41, 5.74) is 0. The maximum atomic E-state index is 4.50. The van der Waals surface area contributed by atoms with Crippen molar-refractivity contribution < 1.29 is 0 Å². The highest BCUT2D eigenvalue weighted by Crippen LogP contribution is 2.20. The SMILES string of the molecule is CCCNc1ccnc(NC2CCCCCC2)n1. The van der Waals surface area contributed by atoms with Gasteiger partial charge in [-0.3, -0.25) is 0 Å². The normalized spacial score (nSPS) is 17.2. The van der Waals surface area contributed by atoms with E-state index in [9.17, 15) is 0 Å². The van der Waals surface area contributed by atoms with Crippen LogP contribution in [-0.4, -0.2) is 22.6 Å². The van der Waals surface area contributed by atoms with Crippen molar-refractivity contribution in [3.8, 4) is 0 Å². The molecule has 4 nitrogen and oxygen atoms in total. The third kappa shape index (κ3) is 4.17. The maximum Gasteiger partial charge on any atom is 0.224 e. The Morgan fingerprint density at radius 2 is 2.00 bits per heavy atom. The molecule has 0 aromatic carbocycles. The second-order valence-corrected chi connectivity index (χ2v) is 5.03. The first-order valence-corrected chi connectivity index (χ1v) is 7.22. The molecular weight excluding hydrogens is 224 g/mol. The van der Waals surface area contributed by atoms with Crippen LogP contribution >= 0.6 is 0 Å². The van der Waals surface area contributed by atoms with Crippen molar-refractivity contribution in [3.05, 3.63) is 12.3 Å². The van der Waals surface area contributed by atoms with Crippen LogP contribution < -0.4 is 10.6 Å². The Morgan fingerprint density at radius 1 is 1.22 bits per heavy atom. The van der Waals surface area contributed by atoms with Gasteiger partial charge in [-0.2, -0.15) is 4.98 Å². The molecule has 100 valence electrons. The number of anilines is 2. The van der Waals surface area contributed by atoms with Crippen LogP contribution in [0.25, 0.3) is 0 Å². The van der Waals surface area contributed by atoms with Gasteiger partial charge in [0, 0.05) is 18.8 Å². The van der Waals surface area contributed by atoms with Gasteiger partial charge in [0.25, 0.3) is 0 Å². The Kier molecular flexibility index (Phi) is 5.24. The largest absolute Gasteiger partial charge is 0.370 e. The van der Waals surface area contributed by atoms with Gasteiger partial charge in [-0.25, -0.2) is 4.98 Å². The van der Waals surface area contributed by atoms with E-state index in [0.29, 0.717) is 6.04 Å². The molecule has 4 heteroatoms. The van der Waals surface area contributed by atoms with Crippen molar-refractivity contribution in [1.82, 2.24) is 9.97 Å². The number of hydrogen-bond acceptors (Lipinski definition) is 4. The lowest BCUT2D eigenvalue weighted by molar-refractivity contribution is 0.615. The number of rotatable bonds is 5. The van der Waals surface area contributed by atoms with E-state index in [0.717, 1.165) is 24.7 Å². The minimum atomic E-state index is 0.550. The van der Waals surface area contributed by atoms with Crippen LogP contribution in [0.2, 0.25) is 0 Å². The van der Waals surface area contributed by atoms with Crippen LogP contribution in [0.1, 0.15) is 51.9 Å². The Balaban J connectivity index is 1.91. The van der Waals surface area contributed by atoms with Crippen molar-refractivity contribution in [2.45, 2.75) is 57.9 Å². The summed E-state index contributed by atoms with van der Waals surface area (Å²) in [5.74, 6) is 1.69. The monoisotopic (exact) mass is 248 g/mol. The molecule has 1 aliphatic carbocycles. The summed E-state index contributed by atoms with van der Waals surface area (Å²) >= 11 is 0. The lowest BCUT2D eigenvalue weighted by Crippen LogP contribution is -2.20. The number of aromatic nitrogens is 2. The van der Waals surface area contributed by atoms with Gasteiger partial charge < -0.3 is 10.6 Å². The number of hydrogen-bond donors (Lipinski definition) is 2. The molecule has 0 amide bonds. The molecule has 1 fully saturated rings. The molecule has 2 rings (SSSR count). The van der Waals surface area contributed by atoms with Gasteiger partial charge in [0.2, 0.25) is 5.95 Å². The zero-order valence-corrected chi connectivity index (χ0v) is 11.3. The summed E-state index contributed by atoms with van der Waals surface area (Å²) in [6.45, 7) is 3.11. The van der Waals surface area contributed by atoms with Crippen molar-refractivity contribution in [1.29, 1.82) is 0 Å². The highest BCUT2D eigenvalue weighted by atomic mass is 15.1. The third-order valence-electron chi connectivity index (χ3n) is 3.40. The number of nitrogens with one attached hydrogen (secondary N) is 2. The van der Waals surface area contributed by atoms with Crippen LogP contribution in [0.15, 0.2) is 12.3 Å². The van der Waals surface area contributed by atoms with Crippen molar-refractivity contribution in [2.24, 2.45) is 0 Å². The summed E-state index contributed by atoms with van der Waals surface area (Å²) in [7, 11) is 0. The molecule has 0 unspecified atom stereocenters. The van der Waals surface area contributed by atoms with Crippen molar-refractivity contribution in [2.75, 3.05) is 17.2 Å². The molecule has 18 heavy (non-hydrogen) atoms. The van der Waals surface area contributed by atoms with Crippen LogP contribution in [0.4, 0.5) is 11.8 Å². The lowest BCUT2D eigenvalue weighted by Gasteiger charge is -2.16. The van der Waals surface area contributed by atoms with E-state index in [-0.39, 0.29) is 0 Å². The standard InChI is InChI=1S/C14H24N4/c1-2-10-15-13-9-11-16-14(18-13)17-12-7-5-3-4-6-8-12/h9,11-12H,2-8,10H2,1H3,(H2,15,16,17,18). The van der Waals surface area contributed by atoms with Crippen LogP contribution in [-0.2, 0) is 0 Å². The third-order valence-corrected chi connectivity index (χ3v) is 3.40. The van der Waals surface area contributed by atoms with Crippen LogP contribution in [0.5, 0.6) is 0 Å². The Bertz CT molecular complexity index is 345. The summed E-state index contributed by atoms with van der Waals surface area (Å²) in [6, 6.07) is 2.47. The quantitative estimate of drug-likeness (QED) is 0.784. The molecule has 0 radical (unpaired) electrons. The highest BCUT2D eigenvalue weighted by molar-refractivity contribution is 5.39. The first-order valence-electron chi connectivity index (χ1n) is 7.22. The molecule has 1 aliphatic rings. The number of nitrogens with zero attached hydrogens (tertiary/aromatic N) is 2. The zero-order chi connectivity index (χ0) is 12.6. The fourth-order valence-corrected chi connectivity index (χ4v) is 2.39.